The van der Waals surface area contributed by atoms with Crippen LogP contribution in [0.4, 0.5) is 0 Å². The molecule has 1 amide bonds. The van der Waals surface area contributed by atoms with Gasteiger partial charge in [0, 0.05) is 94.8 Å². The molecule has 1 aliphatic heterocycles. The number of aryl methyl sites for hydroxylation is 2. The first-order chi connectivity index (χ1) is 17.5. The third-order valence-corrected chi connectivity index (χ3v) is 5.28. The number of amides is 1. The van der Waals surface area contributed by atoms with Gasteiger partial charge in [0.1, 0.15) is 5.78 Å². The molecule has 0 aromatic heterocycles. The number of carbonyl (C=O) groups is 2. The summed E-state index contributed by atoms with van der Waals surface area (Å²) >= 11 is 0. The van der Waals surface area contributed by atoms with Gasteiger partial charge in [-0.3, -0.25) is 4.79 Å². The summed E-state index contributed by atoms with van der Waals surface area (Å²) in [6, 6.07) is 14.8. The zero-order valence-electron chi connectivity index (χ0n) is 25.6. The van der Waals surface area contributed by atoms with Gasteiger partial charge < -0.3 is 37.5 Å². The topological polar surface area (TPSA) is 123 Å². The zero-order valence-corrected chi connectivity index (χ0v) is 38.1. The summed E-state index contributed by atoms with van der Waals surface area (Å²) in [4.78, 5) is 19.6. The molecular formula is C30H45Cs2N3O4-. The van der Waals surface area contributed by atoms with Gasteiger partial charge in [0.2, 0.25) is 0 Å². The van der Waals surface area contributed by atoms with Crippen molar-refractivity contribution in [2.45, 2.75) is 79.4 Å². The SMILES string of the molecule is CC(=O)Cc1ccc(-c2ccc(C)cc2)cc1C.CCCC.C[C@@H]1CNCC(C)(O)CO1.[C-]#N.[Cs+].[Cs].[NH-]C=O. The molecule has 0 bridgehead atoms. The Hall–Kier alpha value is 1.05. The van der Waals surface area contributed by atoms with E-state index in [1.54, 1.807) is 13.8 Å². The van der Waals surface area contributed by atoms with Crippen LogP contribution in [-0.2, 0) is 20.7 Å². The van der Waals surface area contributed by atoms with Crippen molar-refractivity contribution in [1.82, 2.24) is 5.32 Å². The number of aliphatic hydroxyl groups is 1. The van der Waals surface area contributed by atoms with E-state index in [1.165, 1.54) is 35.1 Å². The van der Waals surface area contributed by atoms with Crippen molar-refractivity contribution in [2.24, 2.45) is 0 Å². The minimum absolute atomic E-state index is 0. The first-order valence-electron chi connectivity index (χ1n) is 12.5. The number of nitrogens with zero attached hydrogens (tertiary/aromatic N) is 1. The van der Waals surface area contributed by atoms with Crippen molar-refractivity contribution in [3.63, 3.8) is 0 Å². The fraction of sp³-hybridized carbons (Fsp3) is 0.500. The smallest absolute Gasteiger partial charge is 0.671 e. The number of ether oxygens (including phenoxy) is 1. The number of ketones is 1. The van der Waals surface area contributed by atoms with Crippen LogP contribution in [0.3, 0.4) is 0 Å². The number of hydrogen-bond donors (Lipinski definition) is 2. The molecule has 0 saturated carbocycles. The van der Waals surface area contributed by atoms with Crippen molar-refractivity contribution >= 4 is 81.1 Å². The second kappa shape index (κ2) is 29.1. The Bertz CT molecular complexity index is 918. The van der Waals surface area contributed by atoms with E-state index in [2.05, 4.69) is 75.5 Å². The third kappa shape index (κ3) is 25.3. The second-order valence-electron chi connectivity index (χ2n) is 9.25. The molecule has 9 heteroatoms. The summed E-state index contributed by atoms with van der Waals surface area (Å²) in [5.41, 5.74) is 10.8. The Balaban J connectivity index is -0.000000248. The number of carbonyl (C=O) groups excluding carboxylic acids is 2. The van der Waals surface area contributed by atoms with E-state index >= 15 is 0 Å². The van der Waals surface area contributed by atoms with Gasteiger partial charge in [0.05, 0.1) is 18.3 Å². The van der Waals surface area contributed by atoms with Crippen LogP contribution in [0.2, 0.25) is 0 Å². The van der Waals surface area contributed by atoms with Crippen molar-refractivity contribution in [2.75, 3.05) is 19.7 Å². The monoisotopic (exact) mass is 777 g/mol. The first kappa shape index (κ1) is 47.0. The Morgan fingerprint density at radius 3 is 2.08 bits per heavy atom. The molecule has 207 valence electrons. The van der Waals surface area contributed by atoms with Gasteiger partial charge in [-0.15, -0.1) is 0 Å². The van der Waals surface area contributed by atoms with Gasteiger partial charge in [0.15, 0.2) is 0 Å². The maximum absolute atomic E-state index is 11.2. The number of hydrogen-bond acceptors (Lipinski definition) is 6. The Morgan fingerprint density at radius 1 is 1.15 bits per heavy atom. The number of rotatable bonds is 4. The van der Waals surface area contributed by atoms with E-state index in [-0.39, 0.29) is 156 Å². The summed E-state index contributed by atoms with van der Waals surface area (Å²) in [7, 11) is 0. The summed E-state index contributed by atoms with van der Waals surface area (Å²) < 4.78 is 5.31. The Morgan fingerprint density at radius 2 is 1.64 bits per heavy atom. The van der Waals surface area contributed by atoms with Crippen LogP contribution >= 0.6 is 0 Å². The molecule has 1 unspecified atom stereocenters. The van der Waals surface area contributed by atoms with Gasteiger partial charge >= 0.3 is 68.9 Å². The third-order valence-electron chi connectivity index (χ3n) is 5.28. The standard InChI is InChI=1S/C17H18O.C7H15NO2.C4H10.CH3NO.CN.2Cs/c1-12-4-6-15(7-5-12)17-9-8-16(11-14(3)18)13(2)10-17;1-6-3-8-4-7(2,9)5-10-6;1-3-4-2;2-1-3;1-2;;/h4-10H,11H2,1-3H3;6,8-9H,3-5H2,1-2H3;3-4H2,1-2H3;1H,(H2,2,3);;;/q;;;;-1;;+1/p-1/t;6-,7?;;;;;/m.1...../s1. The van der Waals surface area contributed by atoms with Crippen LogP contribution in [0, 0.1) is 25.7 Å². The average molecular weight is 778 g/mol. The van der Waals surface area contributed by atoms with Crippen LogP contribution in [0.1, 0.15) is 64.2 Å². The quantitative estimate of drug-likeness (QED) is 0.364. The number of Topliss-reactive ketones (excluding diaryl/α,β-unsaturated/α-hetero) is 1. The predicted molar refractivity (Wildman–Crippen MR) is 156 cm³/mol. The van der Waals surface area contributed by atoms with Crippen molar-refractivity contribution in [3.8, 4) is 11.1 Å². The van der Waals surface area contributed by atoms with Crippen LogP contribution in [0.15, 0.2) is 42.5 Å². The van der Waals surface area contributed by atoms with E-state index in [0.717, 1.165) is 12.1 Å². The van der Waals surface area contributed by atoms with Crippen LogP contribution in [0.5, 0.6) is 0 Å². The van der Waals surface area contributed by atoms with E-state index in [0.29, 0.717) is 19.6 Å². The van der Waals surface area contributed by atoms with Gasteiger partial charge in [-0.25, -0.2) is 0 Å². The molecule has 2 aromatic carbocycles. The summed E-state index contributed by atoms with van der Waals surface area (Å²) in [6.07, 6.45) is 3.38. The summed E-state index contributed by atoms with van der Waals surface area (Å²) in [6.45, 7) is 20.6. The van der Waals surface area contributed by atoms with E-state index < -0.39 is 5.60 Å². The van der Waals surface area contributed by atoms with Crippen molar-refractivity contribution in [1.29, 1.82) is 5.26 Å². The molecule has 1 radical (unpaired) electrons. The Labute approximate surface area is 354 Å². The van der Waals surface area contributed by atoms with Crippen molar-refractivity contribution < 1.29 is 88.3 Å². The van der Waals surface area contributed by atoms with Crippen molar-refractivity contribution in [3.05, 3.63) is 71.5 Å². The molecule has 3 rings (SSSR count). The number of benzene rings is 2. The molecule has 1 fully saturated rings. The number of unbranched alkanes of at least 4 members (excludes halogenated alkanes) is 1. The molecule has 39 heavy (non-hydrogen) atoms. The summed E-state index contributed by atoms with van der Waals surface area (Å²) in [5, 5.41) is 18.8. The van der Waals surface area contributed by atoms with Gasteiger partial charge in [0.25, 0.3) is 0 Å². The molecule has 0 aliphatic carbocycles. The molecule has 7 nitrogen and oxygen atoms in total. The molecular weight excluding hydrogens is 732 g/mol. The molecule has 1 heterocycles. The van der Waals surface area contributed by atoms with Crippen LogP contribution in [0.25, 0.3) is 16.9 Å². The van der Waals surface area contributed by atoms with E-state index in [4.69, 9.17) is 27.1 Å². The average Bonchev–Trinajstić information content (AvgIpc) is 3.02. The fourth-order valence-corrected chi connectivity index (χ4v) is 3.06. The number of nitrogens with one attached hydrogen (secondary N) is 2. The normalized spacial score (nSPS) is 16.9. The zero-order chi connectivity index (χ0) is 28.9. The molecule has 1 aliphatic rings. The largest absolute Gasteiger partial charge is 1.00 e. The van der Waals surface area contributed by atoms with Gasteiger partial charge in [-0.1, -0.05) is 74.7 Å². The molecule has 0 spiro atoms. The fourth-order valence-electron chi connectivity index (χ4n) is 3.06. The molecule has 3 N–H and O–H groups in total. The van der Waals surface area contributed by atoms with Crippen LogP contribution in [-0.4, -0.2) is 118 Å². The van der Waals surface area contributed by atoms with Gasteiger partial charge in [-0.05, 0) is 56.9 Å². The Kier molecular flexibility index (Phi) is 35.1. The maximum atomic E-state index is 11.2. The second-order valence-corrected chi connectivity index (χ2v) is 9.25. The van der Waals surface area contributed by atoms with Crippen LogP contribution < -0.4 is 74.2 Å². The number of β-amino-alcohol motifs (C(OH)–C–C–N with tert-alkyl or cyclic N) is 1. The van der Waals surface area contributed by atoms with E-state index in [9.17, 15) is 9.90 Å². The predicted octanol–water partition coefficient (Wildman–Crippen LogP) is 2.57. The van der Waals surface area contributed by atoms with Gasteiger partial charge in [-0.2, -0.15) is 0 Å². The summed E-state index contributed by atoms with van der Waals surface area (Å²) in [5.74, 6) is 0.209. The molecule has 1 saturated heterocycles. The minimum Gasteiger partial charge on any atom is -0.671 e. The maximum Gasteiger partial charge on any atom is 1.00 e. The molecule has 2 atom stereocenters. The van der Waals surface area contributed by atoms with E-state index in [1.807, 2.05) is 6.92 Å². The molecule has 2 aromatic rings. The first-order valence-corrected chi connectivity index (χ1v) is 12.5. The minimum atomic E-state index is -0.690.